The van der Waals surface area contributed by atoms with Crippen LogP contribution in [0, 0.1) is 29.2 Å². The fourth-order valence-electron chi connectivity index (χ4n) is 5.44. The van der Waals surface area contributed by atoms with Gasteiger partial charge in [-0.15, -0.1) is 0 Å². The zero-order chi connectivity index (χ0) is 33.6. The Morgan fingerprint density at radius 3 is 1.85 bits per heavy atom. The van der Waals surface area contributed by atoms with Crippen molar-refractivity contribution in [3.8, 4) is 17.2 Å². The van der Waals surface area contributed by atoms with E-state index >= 15 is 8.78 Å². The van der Waals surface area contributed by atoms with Crippen molar-refractivity contribution in [3.63, 3.8) is 0 Å². The van der Waals surface area contributed by atoms with Gasteiger partial charge in [0.1, 0.15) is 28.7 Å². The third-order valence-electron chi connectivity index (χ3n) is 7.77. The normalized spacial score (nSPS) is 17.0. The van der Waals surface area contributed by atoms with Gasteiger partial charge < -0.3 is 14.2 Å². The van der Waals surface area contributed by atoms with E-state index in [1.54, 1.807) is 0 Å². The summed E-state index contributed by atoms with van der Waals surface area (Å²) in [5.41, 5.74) is 0.183. The second-order valence-corrected chi connectivity index (χ2v) is 11.0. The first-order valence-electron chi connectivity index (χ1n) is 14.6. The SMILES string of the molecule is CCCCCc1ccc(C2CCC(C(F)(F)Oc3cc(F)c(C(F)(F)Oc4cc(F)c(OC=C(F)F)c(F)c4)c(F)c3)CC2)cc1. The maximum atomic E-state index is 15.1. The molecule has 0 aromatic heterocycles. The molecule has 1 aliphatic carbocycles. The molecule has 0 amide bonds. The molecular weight excluding hydrogens is 634 g/mol. The van der Waals surface area contributed by atoms with Crippen molar-refractivity contribution in [1.29, 1.82) is 0 Å². The number of benzene rings is 3. The summed E-state index contributed by atoms with van der Waals surface area (Å²) in [7, 11) is 0. The van der Waals surface area contributed by atoms with Gasteiger partial charge in [-0.3, -0.25) is 0 Å². The van der Waals surface area contributed by atoms with E-state index < -0.39 is 70.3 Å². The van der Waals surface area contributed by atoms with Crippen molar-refractivity contribution in [2.24, 2.45) is 5.92 Å². The van der Waals surface area contributed by atoms with Crippen molar-refractivity contribution >= 4 is 0 Å². The van der Waals surface area contributed by atoms with E-state index in [4.69, 9.17) is 0 Å². The average Bonchev–Trinajstić information content (AvgIpc) is 2.96. The van der Waals surface area contributed by atoms with Gasteiger partial charge in [-0.2, -0.15) is 26.3 Å². The quantitative estimate of drug-likeness (QED) is 0.103. The molecule has 0 N–H and O–H groups in total. The molecule has 1 fully saturated rings. The lowest BCUT2D eigenvalue weighted by Gasteiger charge is -2.33. The molecule has 1 aliphatic rings. The maximum absolute atomic E-state index is 15.1. The van der Waals surface area contributed by atoms with Crippen molar-refractivity contribution in [2.45, 2.75) is 76.4 Å². The number of rotatable bonds is 13. The Morgan fingerprint density at radius 1 is 0.761 bits per heavy atom. The van der Waals surface area contributed by atoms with Crippen molar-refractivity contribution < 1.29 is 58.1 Å². The summed E-state index contributed by atoms with van der Waals surface area (Å²) in [6.07, 6.45) is -6.33. The van der Waals surface area contributed by atoms with Crippen LogP contribution in [0.1, 0.15) is 74.5 Å². The molecule has 0 unspecified atom stereocenters. The first-order valence-corrected chi connectivity index (χ1v) is 14.6. The molecule has 0 aliphatic heterocycles. The fourth-order valence-corrected chi connectivity index (χ4v) is 5.44. The highest BCUT2D eigenvalue weighted by atomic mass is 19.3. The zero-order valence-electron chi connectivity index (χ0n) is 24.5. The van der Waals surface area contributed by atoms with E-state index in [1.807, 2.05) is 24.3 Å². The fraction of sp³-hybridized carbons (Fsp3) is 0.394. The van der Waals surface area contributed by atoms with E-state index in [0.717, 1.165) is 31.2 Å². The lowest BCUT2D eigenvalue weighted by molar-refractivity contribution is -0.222. The minimum atomic E-state index is -4.91. The lowest BCUT2D eigenvalue weighted by Crippen LogP contribution is -2.37. The van der Waals surface area contributed by atoms with E-state index in [-0.39, 0.29) is 49.3 Å². The van der Waals surface area contributed by atoms with Gasteiger partial charge in [0.05, 0.1) is 5.92 Å². The van der Waals surface area contributed by atoms with Crippen LogP contribution in [0.5, 0.6) is 17.2 Å². The number of hydrogen-bond acceptors (Lipinski definition) is 3. The molecule has 0 radical (unpaired) electrons. The van der Waals surface area contributed by atoms with Crippen LogP contribution in [0.15, 0.2) is 60.9 Å². The van der Waals surface area contributed by atoms with E-state index in [1.165, 1.54) is 5.56 Å². The van der Waals surface area contributed by atoms with E-state index in [9.17, 15) is 35.1 Å². The molecule has 4 rings (SSSR count). The van der Waals surface area contributed by atoms with Crippen LogP contribution in [0.3, 0.4) is 0 Å². The van der Waals surface area contributed by atoms with E-state index in [2.05, 4.69) is 21.1 Å². The van der Waals surface area contributed by atoms with Gasteiger partial charge in [-0.25, -0.2) is 17.6 Å². The number of alkyl halides is 4. The molecule has 0 saturated heterocycles. The third kappa shape index (κ3) is 8.67. The topological polar surface area (TPSA) is 27.7 Å². The standard InChI is InChI=1S/C33H30F10O3/c1-2-3-4-5-19-6-8-20(9-7-19)21-10-12-22(13-11-21)32(40,41)45-23-14-25(34)30(26(35)15-23)33(42,43)46-24-16-27(36)31(28(37)17-24)44-18-29(38)39/h6-9,14-18,21-22H,2-5,10-13H2,1H3. The highest BCUT2D eigenvalue weighted by molar-refractivity contribution is 5.37. The number of ether oxygens (including phenoxy) is 3. The lowest BCUT2D eigenvalue weighted by atomic mass is 9.78. The number of aryl methyl sites for hydroxylation is 1. The molecule has 0 heterocycles. The molecule has 3 aromatic rings. The predicted molar refractivity (Wildman–Crippen MR) is 148 cm³/mol. The van der Waals surface area contributed by atoms with Crippen LogP contribution >= 0.6 is 0 Å². The Hall–Kier alpha value is -3.90. The summed E-state index contributed by atoms with van der Waals surface area (Å²) in [6, 6.07) is 8.51. The summed E-state index contributed by atoms with van der Waals surface area (Å²) in [5, 5.41) is 0. The number of halogens is 10. The smallest absolute Gasteiger partial charge is 0.432 e. The summed E-state index contributed by atoms with van der Waals surface area (Å²) >= 11 is 0. The van der Waals surface area contributed by atoms with Gasteiger partial charge >= 0.3 is 18.3 Å². The Balaban J connectivity index is 1.40. The van der Waals surface area contributed by atoms with Crippen LogP contribution in [-0.4, -0.2) is 6.11 Å². The Labute approximate surface area is 258 Å². The van der Waals surface area contributed by atoms with Crippen LogP contribution in [-0.2, 0) is 12.5 Å². The summed E-state index contributed by atoms with van der Waals surface area (Å²) in [6.45, 7) is 2.12. The molecule has 0 bridgehead atoms. The first-order chi connectivity index (χ1) is 21.7. The maximum Gasteiger partial charge on any atom is 0.432 e. The molecule has 250 valence electrons. The van der Waals surface area contributed by atoms with Gasteiger partial charge in [0, 0.05) is 24.3 Å². The Bertz CT molecular complexity index is 1470. The summed E-state index contributed by atoms with van der Waals surface area (Å²) in [4.78, 5) is 0. The van der Waals surface area contributed by atoms with Gasteiger partial charge in [0.15, 0.2) is 23.6 Å². The van der Waals surface area contributed by atoms with Crippen LogP contribution in [0.2, 0.25) is 0 Å². The van der Waals surface area contributed by atoms with E-state index in [0.29, 0.717) is 12.8 Å². The van der Waals surface area contributed by atoms with Gasteiger partial charge in [0.2, 0.25) is 0 Å². The molecule has 0 spiro atoms. The minimum absolute atomic E-state index is 0.0425. The zero-order valence-corrected chi connectivity index (χ0v) is 24.5. The second-order valence-electron chi connectivity index (χ2n) is 11.0. The molecular formula is C33H30F10O3. The molecule has 13 heteroatoms. The highest BCUT2D eigenvalue weighted by Gasteiger charge is 2.46. The number of hydrogen-bond donors (Lipinski definition) is 0. The average molecular weight is 665 g/mol. The second kappa shape index (κ2) is 14.7. The van der Waals surface area contributed by atoms with Crippen molar-refractivity contribution in [2.75, 3.05) is 0 Å². The number of unbranched alkanes of at least 4 members (excludes halogenated alkanes) is 2. The minimum Gasteiger partial charge on any atom is -0.453 e. The molecule has 0 atom stereocenters. The van der Waals surface area contributed by atoms with Crippen molar-refractivity contribution in [1.82, 2.24) is 0 Å². The van der Waals surface area contributed by atoms with Gasteiger partial charge in [-0.05, 0) is 55.6 Å². The van der Waals surface area contributed by atoms with Crippen LogP contribution in [0.25, 0.3) is 0 Å². The Kier molecular flexibility index (Phi) is 11.2. The first kappa shape index (κ1) is 35.0. The van der Waals surface area contributed by atoms with Crippen LogP contribution in [0.4, 0.5) is 43.9 Å². The van der Waals surface area contributed by atoms with Gasteiger partial charge in [0.25, 0.3) is 0 Å². The monoisotopic (exact) mass is 664 g/mol. The molecule has 1 saturated carbocycles. The third-order valence-corrected chi connectivity index (χ3v) is 7.77. The predicted octanol–water partition coefficient (Wildman–Crippen LogP) is 11.2. The molecule has 46 heavy (non-hydrogen) atoms. The molecule has 3 aromatic carbocycles. The Morgan fingerprint density at radius 2 is 1.30 bits per heavy atom. The highest BCUT2D eigenvalue weighted by Crippen LogP contribution is 2.44. The van der Waals surface area contributed by atoms with Crippen molar-refractivity contribution in [3.05, 3.63) is 101 Å². The summed E-state index contributed by atoms with van der Waals surface area (Å²) in [5.74, 6) is -12.6. The van der Waals surface area contributed by atoms with Gasteiger partial charge in [-0.1, -0.05) is 44.0 Å². The molecule has 3 nitrogen and oxygen atoms in total. The largest absolute Gasteiger partial charge is 0.453 e. The van der Waals surface area contributed by atoms with Crippen LogP contribution < -0.4 is 14.2 Å². The summed E-state index contributed by atoms with van der Waals surface area (Å²) < 4.78 is 154.